The smallest absolute Gasteiger partial charge is 0.278 e. The molecule has 0 amide bonds. The highest BCUT2D eigenvalue weighted by Gasteiger charge is 2.07. The zero-order chi connectivity index (χ0) is 15.4. The number of pyridine rings is 1. The van der Waals surface area contributed by atoms with E-state index in [0.717, 1.165) is 5.56 Å². The molecule has 0 atom stereocenters. The first-order valence-electron chi connectivity index (χ1n) is 6.46. The van der Waals surface area contributed by atoms with Gasteiger partial charge in [0.15, 0.2) is 5.52 Å². The maximum Gasteiger partial charge on any atom is 0.278 e. The van der Waals surface area contributed by atoms with E-state index in [-0.39, 0.29) is 16.6 Å². The van der Waals surface area contributed by atoms with Crippen molar-refractivity contribution < 1.29 is 4.39 Å². The average Bonchev–Trinajstić information content (AvgIpc) is 2.50. The van der Waals surface area contributed by atoms with Crippen molar-refractivity contribution in [3.63, 3.8) is 0 Å². The lowest BCUT2D eigenvalue weighted by atomic mass is 10.1. The maximum absolute atomic E-state index is 12.9. The van der Waals surface area contributed by atoms with Gasteiger partial charge in [-0.05, 0) is 48.0 Å². The molecule has 1 aromatic carbocycles. The van der Waals surface area contributed by atoms with Crippen molar-refractivity contribution in [1.29, 1.82) is 0 Å². The van der Waals surface area contributed by atoms with E-state index in [1.165, 1.54) is 12.1 Å². The fourth-order valence-corrected chi connectivity index (χ4v) is 1.95. The van der Waals surface area contributed by atoms with Crippen LogP contribution in [0, 0.1) is 5.82 Å². The molecule has 0 fully saturated rings. The zero-order valence-electron chi connectivity index (χ0n) is 11.5. The number of benzene rings is 1. The Morgan fingerprint density at radius 1 is 1.05 bits per heavy atom. The van der Waals surface area contributed by atoms with Crippen molar-refractivity contribution >= 4 is 22.6 Å². The maximum atomic E-state index is 12.9. The van der Waals surface area contributed by atoms with E-state index in [0.29, 0.717) is 11.2 Å². The summed E-state index contributed by atoms with van der Waals surface area (Å²) in [6, 6.07) is 9.24. The molecule has 0 spiro atoms. The molecule has 0 bridgehead atoms. The topological polar surface area (TPSA) is 58.6 Å². The van der Waals surface area contributed by atoms with Crippen LogP contribution >= 0.6 is 11.6 Å². The van der Waals surface area contributed by atoms with Crippen molar-refractivity contribution in [2.75, 3.05) is 0 Å². The molecule has 3 rings (SSSR count). The van der Waals surface area contributed by atoms with Gasteiger partial charge in [-0.2, -0.15) is 0 Å². The Balaban J connectivity index is 0.000000774. The first kappa shape index (κ1) is 15.1. The van der Waals surface area contributed by atoms with Gasteiger partial charge in [0.05, 0.1) is 11.2 Å². The molecular formula is C15H13ClFN3O. The van der Waals surface area contributed by atoms with Crippen LogP contribution in [0.1, 0.15) is 13.8 Å². The van der Waals surface area contributed by atoms with Crippen LogP contribution in [0.25, 0.3) is 22.3 Å². The highest BCUT2D eigenvalue weighted by Crippen LogP contribution is 2.19. The number of fused-ring (bicyclic) bond motifs is 1. The van der Waals surface area contributed by atoms with Crippen LogP contribution in [0.2, 0.25) is 5.28 Å². The zero-order valence-corrected chi connectivity index (χ0v) is 12.3. The SMILES string of the molecule is CC.O=c1[nH]c(Cl)nc2ccc(-c3ccc(F)cc3)nc12. The Bertz CT molecular complexity index is 815. The van der Waals surface area contributed by atoms with Gasteiger partial charge in [0.1, 0.15) is 5.82 Å². The molecule has 0 aliphatic heterocycles. The highest BCUT2D eigenvalue weighted by molar-refractivity contribution is 6.28. The number of hydrogen-bond donors (Lipinski definition) is 1. The van der Waals surface area contributed by atoms with E-state index in [4.69, 9.17) is 11.6 Å². The molecule has 2 heterocycles. The number of halogens is 2. The van der Waals surface area contributed by atoms with Crippen LogP contribution in [0.4, 0.5) is 4.39 Å². The summed E-state index contributed by atoms with van der Waals surface area (Å²) in [6.45, 7) is 4.00. The largest absolute Gasteiger partial charge is 0.295 e. The number of nitrogens with zero attached hydrogens (tertiary/aromatic N) is 2. The molecule has 0 saturated heterocycles. The number of aromatic nitrogens is 3. The van der Waals surface area contributed by atoms with Gasteiger partial charge in [-0.1, -0.05) is 13.8 Å². The molecule has 0 radical (unpaired) electrons. The van der Waals surface area contributed by atoms with E-state index in [1.807, 2.05) is 13.8 Å². The first-order valence-corrected chi connectivity index (χ1v) is 6.84. The summed E-state index contributed by atoms with van der Waals surface area (Å²) in [6.07, 6.45) is 0. The Hall–Kier alpha value is -2.27. The third-order valence-electron chi connectivity index (χ3n) is 2.66. The number of hydrogen-bond acceptors (Lipinski definition) is 3. The highest BCUT2D eigenvalue weighted by atomic mass is 35.5. The van der Waals surface area contributed by atoms with Crippen molar-refractivity contribution in [3.8, 4) is 11.3 Å². The molecule has 4 nitrogen and oxygen atoms in total. The lowest BCUT2D eigenvalue weighted by Gasteiger charge is -2.02. The molecule has 21 heavy (non-hydrogen) atoms. The van der Waals surface area contributed by atoms with Crippen LogP contribution in [0.5, 0.6) is 0 Å². The molecule has 0 unspecified atom stereocenters. The minimum atomic E-state index is -0.404. The van der Waals surface area contributed by atoms with Crippen molar-refractivity contribution in [3.05, 3.63) is 57.9 Å². The van der Waals surface area contributed by atoms with Crippen LogP contribution in [0.15, 0.2) is 41.2 Å². The fraction of sp³-hybridized carbons (Fsp3) is 0.133. The Morgan fingerprint density at radius 3 is 2.38 bits per heavy atom. The van der Waals surface area contributed by atoms with Crippen molar-refractivity contribution in [1.82, 2.24) is 15.0 Å². The third kappa shape index (κ3) is 3.25. The van der Waals surface area contributed by atoms with E-state index >= 15 is 0 Å². The van der Waals surface area contributed by atoms with Gasteiger partial charge < -0.3 is 0 Å². The second kappa shape index (κ2) is 6.45. The van der Waals surface area contributed by atoms with Gasteiger partial charge in [0, 0.05) is 5.56 Å². The standard InChI is InChI=1S/C13H7ClFN3O.C2H6/c14-13-17-10-6-5-9(16-11(10)12(19)18-13)7-1-3-8(15)4-2-7;1-2/h1-6H,(H,17,18,19);1-2H3. The van der Waals surface area contributed by atoms with E-state index in [9.17, 15) is 9.18 Å². The first-order chi connectivity index (χ1) is 10.1. The minimum Gasteiger partial charge on any atom is -0.295 e. The van der Waals surface area contributed by atoms with E-state index in [1.54, 1.807) is 24.3 Å². The summed E-state index contributed by atoms with van der Waals surface area (Å²) in [7, 11) is 0. The van der Waals surface area contributed by atoms with E-state index < -0.39 is 5.56 Å². The molecule has 2 aromatic heterocycles. The second-order valence-corrected chi connectivity index (χ2v) is 4.29. The predicted octanol–water partition coefficient (Wildman–Crippen LogP) is 3.80. The summed E-state index contributed by atoms with van der Waals surface area (Å²) < 4.78 is 12.9. The minimum absolute atomic E-state index is 0.0221. The fourth-order valence-electron chi connectivity index (χ4n) is 1.78. The number of rotatable bonds is 1. The summed E-state index contributed by atoms with van der Waals surface area (Å²) in [4.78, 5) is 22.3. The average molecular weight is 306 g/mol. The predicted molar refractivity (Wildman–Crippen MR) is 81.9 cm³/mol. The van der Waals surface area contributed by atoms with Crippen LogP contribution in [-0.2, 0) is 0 Å². The monoisotopic (exact) mass is 305 g/mol. The molecular weight excluding hydrogens is 293 g/mol. The van der Waals surface area contributed by atoms with E-state index in [2.05, 4.69) is 15.0 Å². The number of nitrogens with one attached hydrogen (secondary N) is 1. The van der Waals surface area contributed by atoms with Gasteiger partial charge in [-0.15, -0.1) is 0 Å². The van der Waals surface area contributed by atoms with Crippen molar-refractivity contribution in [2.24, 2.45) is 0 Å². The van der Waals surface area contributed by atoms with Gasteiger partial charge in [0.25, 0.3) is 5.56 Å². The summed E-state index contributed by atoms with van der Waals surface area (Å²) in [5.74, 6) is -0.323. The van der Waals surface area contributed by atoms with Crippen LogP contribution in [-0.4, -0.2) is 15.0 Å². The summed E-state index contributed by atoms with van der Waals surface area (Å²) in [5.41, 5.74) is 1.50. The molecule has 0 aliphatic carbocycles. The second-order valence-electron chi connectivity index (χ2n) is 3.93. The van der Waals surface area contributed by atoms with Crippen LogP contribution < -0.4 is 5.56 Å². The van der Waals surface area contributed by atoms with Gasteiger partial charge >= 0.3 is 0 Å². The van der Waals surface area contributed by atoms with Gasteiger partial charge in [-0.25, -0.2) is 14.4 Å². The Morgan fingerprint density at radius 2 is 1.71 bits per heavy atom. The molecule has 1 N–H and O–H groups in total. The molecule has 0 aliphatic rings. The Kier molecular flexibility index (Phi) is 4.65. The molecule has 0 saturated carbocycles. The number of aromatic amines is 1. The summed E-state index contributed by atoms with van der Waals surface area (Å²) in [5, 5.41) is 0.0221. The van der Waals surface area contributed by atoms with Crippen LogP contribution in [0.3, 0.4) is 0 Å². The normalized spacial score (nSPS) is 10.1. The van der Waals surface area contributed by atoms with Gasteiger partial charge in [0.2, 0.25) is 5.28 Å². The number of H-pyrrole nitrogens is 1. The quantitative estimate of drug-likeness (QED) is 0.696. The molecule has 108 valence electrons. The van der Waals surface area contributed by atoms with Crippen molar-refractivity contribution in [2.45, 2.75) is 13.8 Å². The summed E-state index contributed by atoms with van der Waals surface area (Å²) >= 11 is 5.66. The molecule has 6 heteroatoms. The molecule has 3 aromatic rings. The lowest BCUT2D eigenvalue weighted by molar-refractivity contribution is 0.628. The van der Waals surface area contributed by atoms with Gasteiger partial charge in [-0.3, -0.25) is 9.78 Å². The third-order valence-corrected chi connectivity index (χ3v) is 2.84. The lowest BCUT2D eigenvalue weighted by Crippen LogP contribution is -2.09. The Labute approximate surface area is 125 Å².